The molecule has 0 spiro atoms. The van der Waals surface area contributed by atoms with E-state index in [0.717, 1.165) is 13.0 Å². The van der Waals surface area contributed by atoms with Gasteiger partial charge in [0, 0.05) is 18.5 Å². The summed E-state index contributed by atoms with van der Waals surface area (Å²) in [6, 6.07) is 11.4. The molecular formula is C19H22N2. The van der Waals surface area contributed by atoms with Crippen molar-refractivity contribution >= 4 is 6.21 Å². The lowest BCUT2D eigenvalue weighted by atomic mass is 9.71. The third-order valence-electron chi connectivity index (χ3n) is 5.11. The van der Waals surface area contributed by atoms with Gasteiger partial charge in [-0.05, 0) is 54.4 Å². The van der Waals surface area contributed by atoms with Gasteiger partial charge >= 0.3 is 0 Å². The van der Waals surface area contributed by atoms with E-state index in [1.54, 1.807) is 0 Å². The molecule has 0 radical (unpaired) electrons. The highest BCUT2D eigenvalue weighted by molar-refractivity contribution is 5.89. The molecule has 3 aliphatic rings. The molecule has 0 saturated carbocycles. The first-order chi connectivity index (χ1) is 10.4. The molecule has 1 aromatic carbocycles. The van der Waals surface area contributed by atoms with Crippen LogP contribution in [0.1, 0.15) is 24.8 Å². The van der Waals surface area contributed by atoms with Gasteiger partial charge in [0.15, 0.2) is 0 Å². The highest BCUT2D eigenvalue weighted by Gasteiger charge is 2.37. The normalized spacial score (nSPS) is 31.0. The van der Waals surface area contributed by atoms with E-state index in [4.69, 9.17) is 0 Å². The molecule has 2 heteroatoms. The van der Waals surface area contributed by atoms with Gasteiger partial charge in [-0.2, -0.15) is 0 Å². The van der Waals surface area contributed by atoms with Crippen molar-refractivity contribution in [2.45, 2.75) is 31.7 Å². The molecular weight excluding hydrogens is 256 g/mol. The summed E-state index contributed by atoms with van der Waals surface area (Å²) in [5.74, 6) is 1.34. The first kappa shape index (κ1) is 13.0. The van der Waals surface area contributed by atoms with Gasteiger partial charge in [-0.1, -0.05) is 42.8 Å². The molecule has 1 aliphatic carbocycles. The van der Waals surface area contributed by atoms with Gasteiger partial charge in [0.1, 0.15) is 0 Å². The van der Waals surface area contributed by atoms with Crippen LogP contribution in [0.3, 0.4) is 0 Å². The fourth-order valence-corrected chi connectivity index (χ4v) is 4.08. The molecule has 4 rings (SSSR count). The molecule has 1 aromatic rings. The fourth-order valence-electron chi connectivity index (χ4n) is 4.08. The fraction of sp³-hybridized carbons (Fsp3) is 0.421. The van der Waals surface area contributed by atoms with E-state index in [2.05, 4.69) is 52.9 Å². The third kappa shape index (κ3) is 2.49. The number of hydrogen-bond donors (Lipinski definition) is 1. The summed E-state index contributed by atoms with van der Waals surface area (Å²) in [5, 5.41) is 3.78. The molecule has 3 atom stereocenters. The van der Waals surface area contributed by atoms with E-state index in [-0.39, 0.29) is 0 Å². The SMILES string of the molecule is C1=NC=C2C1=CC(Cc1ccccc1)C1CCCCN[C@H]21. The van der Waals surface area contributed by atoms with Gasteiger partial charge in [0.2, 0.25) is 0 Å². The van der Waals surface area contributed by atoms with Crippen molar-refractivity contribution in [3.8, 4) is 0 Å². The Kier molecular flexibility index (Phi) is 3.48. The summed E-state index contributed by atoms with van der Waals surface area (Å²) >= 11 is 0. The summed E-state index contributed by atoms with van der Waals surface area (Å²) < 4.78 is 0. The second kappa shape index (κ2) is 5.61. The number of nitrogens with one attached hydrogen (secondary N) is 1. The molecule has 1 saturated heterocycles. The van der Waals surface area contributed by atoms with E-state index in [1.165, 1.54) is 36.0 Å². The highest BCUT2D eigenvalue weighted by Crippen LogP contribution is 2.39. The van der Waals surface area contributed by atoms with Gasteiger partial charge in [-0.25, -0.2) is 0 Å². The highest BCUT2D eigenvalue weighted by atomic mass is 14.9. The van der Waals surface area contributed by atoms with Gasteiger partial charge in [0.25, 0.3) is 0 Å². The zero-order chi connectivity index (χ0) is 14.1. The van der Waals surface area contributed by atoms with Crippen molar-refractivity contribution in [2.24, 2.45) is 16.8 Å². The smallest absolute Gasteiger partial charge is 0.0376 e. The Labute approximate surface area is 126 Å². The van der Waals surface area contributed by atoms with Crippen LogP contribution in [-0.4, -0.2) is 18.8 Å². The molecule has 0 aromatic heterocycles. The molecule has 2 unspecified atom stereocenters. The molecule has 0 amide bonds. The van der Waals surface area contributed by atoms with Crippen molar-refractivity contribution < 1.29 is 0 Å². The number of rotatable bonds is 2. The van der Waals surface area contributed by atoms with Gasteiger partial charge in [-0.3, -0.25) is 4.99 Å². The topological polar surface area (TPSA) is 24.4 Å². The lowest BCUT2D eigenvalue weighted by molar-refractivity contribution is 0.302. The maximum absolute atomic E-state index is 4.40. The van der Waals surface area contributed by atoms with Crippen molar-refractivity contribution in [3.63, 3.8) is 0 Å². The number of hydrogen-bond acceptors (Lipinski definition) is 2. The molecule has 108 valence electrons. The molecule has 1 N–H and O–H groups in total. The van der Waals surface area contributed by atoms with E-state index in [0.29, 0.717) is 17.9 Å². The lowest BCUT2D eigenvalue weighted by Crippen LogP contribution is -2.43. The van der Waals surface area contributed by atoms with Gasteiger partial charge < -0.3 is 5.32 Å². The third-order valence-corrected chi connectivity index (χ3v) is 5.11. The summed E-state index contributed by atoms with van der Waals surface area (Å²) in [7, 11) is 0. The predicted molar refractivity (Wildman–Crippen MR) is 87.4 cm³/mol. The number of nitrogens with zero attached hydrogens (tertiary/aromatic N) is 1. The maximum Gasteiger partial charge on any atom is 0.0376 e. The summed E-state index contributed by atoms with van der Waals surface area (Å²) in [4.78, 5) is 4.40. The number of aliphatic imine (C=N–C) groups is 1. The Hall–Kier alpha value is -1.67. The van der Waals surface area contributed by atoms with Crippen LogP contribution < -0.4 is 5.32 Å². The Morgan fingerprint density at radius 2 is 2.05 bits per heavy atom. The van der Waals surface area contributed by atoms with Crippen molar-refractivity contribution in [3.05, 3.63) is 59.3 Å². The first-order valence-electron chi connectivity index (χ1n) is 8.14. The quantitative estimate of drug-likeness (QED) is 0.879. The van der Waals surface area contributed by atoms with Gasteiger partial charge in [0.05, 0.1) is 0 Å². The Bertz CT molecular complexity index is 597. The van der Waals surface area contributed by atoms with Gasteiger partial charge in [-0.15, -0.1) is 0 Å². The average molecular weight is 278 g/mol. The van der Waals surface area contributed by atoms with Crippen LogP contribution in [0.2, 0.25) is 0 Å². The predicted octanol–water partition coefficient (Wildman–Crippen LogP) is 3.51. The van der Waals surface area contributed by atoms with E-state index in [1.807, 2.05) is 6.21 Å². The standard InChI is InChI=1S/C19H22N2/c1-2-6-14(7-3-1)10-15-11-16-12-20-13-18(16)19-17(15)8-4-5-9-21-19/h1-3,6-7,11-13,15,17,19,21H,4-5,8-10H2/t15?,17?,19-/m0/s1. The second-order valence-corrected chi connectivity index (χ2v) is 6.43. The van der Waals surface area contributed by atoms with Crippen LogP contribution in [0.25, 0.3) is 0 Å². The van der Waals surface area contributed by atoms with Crippen LogP contribution in [-0.2, 0) is 6.42 Å². The Morgan fingerprint density at radius 3 is 2.95 bits per heavy atom. The largest absolute Gasteiger partial charge is 0.310 e. The average Bonchev–Trinajstić information content (AvgIpc) is 2.84. The van der Waals surface area contributed by atoms with Crippen LogP contribution in [0.15, 0.2) is 58.7 Å². The van der Waals surface area contributed by atoms with Crippen LogP contribution in [0, 0.1) is 11.8 Å². The number of benzene rings is 1. The van der Waals surface area contributed by atoms with E-state index < -0.39 is 0 Å². The van der Waals surface area contributed by atoms with Crippen LogP contribution in [0.4, 0.5) is 0 Å². The molecule has 2 heterocycles. The minimum atomic E-state index is 0.503. The molecule has 1 fully saturated rings. The summed E-state index contributed by atoms with van der Waals surface area (Å²) in [6.07, 6.45) is 11.7. The molecule has 21 heavy (non-hydrogen) atoms. The molecule has 2 aliphatic heterocycles. The lowest BCUT2D eigenvalue weighted by Gasteiger charge is -2.37. The van der Waals surface area contributed by atoms with E-state index >= 15 is 0 Å². The molecule has 0 bridgehead atoms. The van der Waals surface area contributed by atoms with Crippen molar-refractivity contribution in [2.75, 3.05) is 6.54 Å². The van der Waals surface area contributed by atoms with Crippen molar-refractivity contribution in [1.29, 1.82) is 0 Å². The Balaban J connectivity index is 1.66. The minimum Gasteiger partial charge on any atom is -0.310 e. The minimum absolute atomic E-state index is 0.503. The number of allylic oxidation sites excluding steroid dienone is 1. The second-order valence-electron chi connectivity index (χ2n) is 6.43. The van der Waals surface area contributed by atoms with Crippen LogP contribution >= 0.6 is 0 Å². The Morgan fingerprint density at radius 1 is 1.14 bits per heavy atom. The van der Waals surface area contributed by atoms with Crippen LogP contribution in [0.5, 0.6) is 0 Å². The van der Waals surface area contributed by atoms with E-state index in [9.17, 15) is 0 Å². The van der Waals surface area contributed by atoms with Crippen molar-refractivity contribution in [1.82, 2.24) is 5.32 Å². The zero-order valence-electron chi connectivity index (χ0n) is 12.3. The summed E-state index contributed by atoms with van der Waals surface area (Å²) in [6.45, 7) is 1.14. The first-order valence-corrected chi connectivity index (χ1v) is 8.14. The zero-order valence-corrected chi connectivity index (χ0v) is 12.3. The number of fused-ring (bicyclic) bond motifs is 3. The monoisotopic (exact) mass is 278 g/mol. The molecule has 2 nitrogen and oxygen atoms in total. The summed E-state index contributed by atoms with van der Waals surface area (Å²) in [5.41, 5.74) is 4.22. The maximum atomic E-state index is 4.40.